The lowest BCUT2D eigenvalue weighted by molar-refractivity contribution is 0.229. The lowest BCUT2D eigenvalue weighted by Gasteiger charge is -2.27. The van der Waals surface area contributed by atoms with Crippen LogP contribution in [0.1, 0.15) is 40.0 Å². The summed E-state index contributed by atoms with van der Waals surface area (Å²) >= 11 is 0. The fraction of sp³-hybridized carbons (Fsp3) is 1.00. The molecule has 0 bridgehead atoms. The summed E-state index contributed by atoms with van der Waals surface area (Å²) in [6, 6.07) is 0.867. The molecule has 1 aliphatic heterocycles. The Bertz CT molecular complexity index is 203. The van der Waals surface area contributed by atoms with E-state index in [1.807, 2.05) is 0 Å². The largest absolute Gasteiger partial charge is 0.313 e. The lowest BCUT2D eigenvalue weighted by Crippen LogP contribution is -2.32. The minimum atomic E-state index is 0.499. The van der Waals surface area contributed by atoms with Crippen LogP contribution >= 0.6 is 0 Å². The Morgan fingerprint density at radius 3 is 2.47 bits per heavy atom. The van der Waals surface area contributed by atoms with Crippen LogP contribution in [-0.2, 0) is 0 Å². The number of likely N-dealkylation sites (tertiary alicyclic amines) is 1. The summed E-state index contributed by atoms with van der Waals surface area (Å²) in [5.41, 5.74) is 0.499. The average Bonchev–Trinajstić information content (AvgIpc) is 2.80. The fourth-order valence-corrected chi connectivity index (χ4v) is 2.46. The quantitative estimate of drug-likeness (QED) is 0.764. The van der Waals surface area contributed by atoms with Crippen molar-refractivity contribution in [2.45, 2.75) is 46.1 Å². The van der Waals surface area contributed by atoms with Crippen molar-refractivity contribution >= 4 is 0 Å². The first-order valence-corrected chi connectivity index (χ1v) is 6.51. The van der Waals surface area contributed by atoms with Gasteiger partial charge in [-0.05, 0) is 37.1 Å². The second-order valence-electron chi connectivity index (χ2n) is 6.38. The predicted molar refractivity (Wildman–Crippen MR) is 65.0 cm³/mol. The van der Waals surface area contributed by atoms with Crippen molar-refractivity contribution in [1.29, 1.82) is 0 Å². The van der Waals surface area contributed by atoms with Crippen LogP contribution in [0.25, 0.3) is 0 Å². The normalized spacial score (nSPS) is 28.6. The maximum atomic E-state index is 3.60. The molecule has 2 nitrogen and oxygen atoms in total. The number of hydrogen-bond donors (Lipinski definition) is 1. The van der Waals surface area contributed by atoms with E-state index in [2.05, 4.69) is 31.0 Å². The number of hydrogen-bond acceptors (Lipinski definition) is 2. The van der Waals surface area contributed by atoms with E-state index in [0.717, 1.165) is 12.0 Å². The molecule has 2 rings (SSSR count). The van der Waals surface area contributed by atoms with Gasteiger partial charge in [0.25, 0.3) is 0 Å². The second-order valence-corrected chi connectivity index (χ2v) is 6.38. The first-order chi connectivity index (χ1) is 7.05. The molecule has 1 saturated heterocycles. The molecule has 0 aromatic rings. The highest BCUT2D eigenvalue weighted by molar-refractivity contribution is 4.85. The molecule has 1 atom stereocenters. The summed E-state index contributed by atoms with van der Waals surface area (Å²) < 4.78 is 0. The van der Waals surface area contributed by atoms with Gasteiger partial charge in [0.05, 0.1) is 0 Å². The molecule has 0 amide bonds. The molecule has 15 heavy (non-hydrogen) atoms. The Balaban J connectivity index is 1.63. The molecule has 0 radical (unpaired) electrons. The van der Waals surface area contributed by atoms with Crippen molar-refractivity contribution in [3.05, 3.63) is 0 Å². The van der Waals surface area contributed by atoms with Crippen molar-refractivity contribution < 1.29 is 0 Å². The molecule has 0 spiro atoms. The third kappa shape index (κ3) is 3.46. The van der Waals surface area contributed by atoms with Crippen molar-refractivity contribution in [3.8, 4) is 0 Å². The summed E-state index contributed by atoms with van der Waals surface area (Å²) in [4.78, 5) is 2.63. The second kappa shape index (κ2) is 4.42. The van der Waals surface area contributed by atoms with E-state index < -0.39 is 0 Å². The van der Waals surface area contributed by atoms with Gasteiger partial charge >= 0.3 is 0 Å². The zero-order valence-electron chi connectivity index (χ0n) is 10.6. The molecule has 1 heterocycles. The summed E-state index contributed by atoms with van der Waals surface area (Å²) in [5.74, 6) is 0.901. The van der Waals surface area contributed by atoms with Gasteiger partial charge < -0.3 is 10.2 Å². The molecule has 2 aliphatic rings. The Labute approximate surface area is 94.4 Å². The molecule has 0 aromatic carbocycles. The van der Waals surface area contributed by atoms with Gasteiger partial charge in [-0.25, -0.2) is 0 Å². The highest BCUT2D eigenvalue weighted by atomic mass is 15.2. The lowest BCUT2D eigenvalue weighted by atomic mass is 9.80. The van der Waals surface area contributed by atoms with E-state index in [1.54, 1.807) is 0 Å². The third-order valence-electron chi connectivity index (χ3n) is 3.94. The zero-order valence-corrected chi connectivity index (χ0v) is 10.6. The summed E-state index contributed by atoms with van der Waals surface area (Å²) in [5, 5.41) is 3.60. The van der Waals surface area contributed by atoms with E-state index in [4.69, 9.17) is 0 Å². The topological polar surface area (TPSA) is 15.3 Å². The highest BCUT2D eigenvalue weighted by Crippen LogP contribution is 2.33. The van der Waals surface area contributed by atoms with Gasteiger partial charge in [-0.2, -0.15) is 0 Å². The number of rotatable bonds is 4. The monoisotopic (exact) mass is 210 g/mol. The third-order valence-corrected chi connectivity index (χ3v) is 3.94. The first kappa shape index (κ1) is 11.4. The van der Waals surface area contributed by atoms with Gasteiger partial charge in [0.15, 0.2) is 0 Å². The van der Waals surface area contributed by atoms with E-state index in [1.165, 1.54) is 45.4 Å². The van der Waals surface area contributed by atoms with Gasteiger partial charge in [0.1, 0.15) is 0 Å². The predicted octanol–water partition coefficient (Wildman–Crippen LogP) is 2.11. The molecule has 1 N–H and O–H groups in total. The minimum Gasteiger partial charge on any atom is -0.313 e. The van der Waals surface area contributed by atoms with Gasteiger partial charge in [0.2, 0.25) is 0 Å². The van der Waals surface area contributed by atoms with Crippen molar-refractivity contribution in [1.82, 2.24) is 10.2 Å². The Hall–Kier alpha value is -0.0800. The Morgan fingerprint density at radius 2 is 1.93 bits per heavy atom. The van der Waals surface area contributed by atoms with E-state index in [9.17, 15) is 0 Å². The molecule has 0 aromatic heterocycles. The van der Waals surface area contributed by atoms with Gasteiger partial charge in [-0.1, -0.05) is 20.8 Å². The maximum Gasteiger partial charge on any atom is 0.0107 e. The van der Waals surface area contributed by atoms with Crippen LogP contribution in [0.4, 0.5) is 0 Å². The summed E-state index contributed by atoms with van der Waals surface area (Å²) in [7, 11) is 0. The number of nitrogens with zero attached hydrogens (tertiary/aromatic N) is 1. The molecular weight excluding hydrogens is 184 g/mol. The van der Waals surface area contributed by atoms with Crippen LogP contribution in [-0.4, -0.2) is 37.1 Å². The van der Waals surface area contributed by atoms with Gasteiger partial charge in [-0.3, -0.25) is 0 Å². The Kier molecular flexibility index (Phi) is 3.36. The Morgan fingerprint density at radius 1 is 1.20 bits per heavy atom. The van der Waals surface area contributed by atoms with Crippen molar-refractivity contribution in [2.75, 3.05) is 26.2 Å². The maximum absolute atomic E-state index is 3.60. The van der Waals surface area contributed by atoms with Crippen LogP contribution in [0.5, 0.6) is 0 Å². The summed E-state index contributed by atoms with van der Waals surface area (Å²) in [6.07, 6.45) is 4.21. The average molecular weight is 210 g/mol. The van der Waals surface area contributed by atoms with Crippen molar-refractivity contribution in [2.24, 2.45) is 11.3 Å². The summed E-state index contributed by atoms with van der Waals surface area (Å²) in [6.45, 7) is 12.2. The molecule has 1 saturated carbocycles. The molecule has 1 unspecified atom stereocenters. The van der Waals surface area contributed by atoms with Crippen LogP contribution in [0.15, 0.2) is 0 Å². The minimum absolute atomic E-state index is 0.499. The zero-order chi connectivity index (χ0) is 10.9. The standard InChI is InChI=1S/C13H26N2/c1-13(2,3)11-6-8-15(10-11)9-7-14-12-4-5-12/h11-12,14H,4-10H2,1-3H3. The molecule has 88 valence electrons. The van der Waals surface area contributed by atoms with Crippen LogP contribution < -0.4 is 5.32 Å². The first-order valence-electron chi connectivity index (χ1n) is 6.51. The molecule has 2 heteroatoms. The van der Waals surface area contributed by atoms with Crippen LogP contribution in [0, 0.1) is 11.3 Å². The fourth-order valence-electron chi connectivity index (χ4n) is 2.46. The van der Waals surface area contributed by atoms with E-state index >= 15 is 0 Å². The number of nitrogens with one attached hydrogen (secondary N) is 1. The van der Waals surface area contributed by atoms with Crippen LogP contribution in [0.2, 0.25) is 0 Å². The SMILES string of the molecule is CC(C)(C)C1CCN(CCNC2CC2)C1. The van der Waals surface area contributed by atoms with E-state index in [-0.39, 0.29) is 0 Å². The van der Waals surface area contributed by atoms with Gasteiger partial charge in [0, 0.05) is 25.7 Å². The highest BCUT2D eigenvalue weighted by Gasteiger charge is 2.31. The van der Waals surface area contributed by atoms with Crippen molar-refractivity contribution in [3.63, 3.8) is 0 Å². The molecule has 1 aliphatic carbocycles. The molecule has 2 fully saturated rings. The van der Waals surface area contributed by atoms with Crippen LogP contribution in [0.3, 0.4) is 0 Å². The van der Waals surface area contributed by atoms with Gasteiger partial charge in [-0.15, -0.1) is 0 Å². The molecular formula is C13H26N2. The van der Waals surface area contributed by atoms with E-state index in [0.29, 0.717) is 5.41 Å². The smallest absolute Gasteiger partial charge is 0.0107 e.